The smallest absolute Gasteiger partial charge is 0.379 e. The second-order valence-corrected chi connectivity index (χ2v) is 5.32. The Labute approximate surface area is 127 Å². The Morgan fingerprint density at radius 2 is 1.95 bits per heavy atom. The van der Waals surface area contributed by atoms with Crippen LogP contribution in [-0.2, 0) is 9.53 Å². The Balaban J connectivity index is 2.18. The summed E-state index contributed by atoms with van der Waals surface area (Å²) in [6.45, 7) is 6.00. The van der Waals surface area contributed by atoms with Gasteiger partial charge >= 0.3 is 5.97 Å². The van der Waals surface area contributed by atoms with Crippen molar-refractivity contribution >= 4 is 22.7 Å². The SMILES string of the molecule is CCOC(=O)C(=O)c1cn(C(C)C)c2cc3c(cc12)OCO3. The zero-order valence-corrected chi connectivity index (χ0v) is 12.7. The van der Waals surface area contributed by atoms with Crippen LogP contribution in [0.4, 0.5) is 0 Å². The standard InChI is InChI=1S/C16H17NO5/c1-4-20-16(19)15(18)11-7-17(9(2)3)12-6-14-13(5-10(11)12)21-8-22-14/h5-7,9H,4,8H2,1-3H3. The first kappa shape index (κ1) is 14.4. The zero-order valence-electron chi connectivity index (χ0n) is 12.7. The highest BCUT2D eigenvalue weighted by Crippen LogP contribution is 2.38. The normalized spacial score (nSPS) is 12.9. The van der Waals surface area contributed by atoms with Crippen LogP contribution in [0.1, 0.15) is 37.2 Å². The predicted molar refractivity (Wildman–Crippen MR) is 79.4 cm³/mol. The molecule has 6 heteroatoms. The number of hydrogen-bond donors (Lipinski definition) is 0. The number of benzene rings is 1. The van der Waals surface area contributed by atoms with Crippen molar-refractivity contribution in [2.45, 2.75) is 26.8 Å². The van der Waals surface area contributed by atoms with Gasteiger partial charge in [-0.1, -0.05) is 0 Å². The van der Waals surface area contributed by atoms with Gasteiger partial charge in [0, 0.05) is 23.7 Å². The average Bonchev–Trinajstić information content (AvgIpc) is 3.07. The monoisotopic (exact) mass is 303 g/mol. The van der Waals surface area contributed by atoms with E-state index >= 15 is 0 Å². The average molecular weight is 303 g/mol. The van der Waals surface area contributed by atoms with Gasteiger partial charge in [0.2, 0.25) is 6.79 Å². The number of ketones is 1. The fourth-order valence-corrected chi connectivity index (χ4v) is 2.55. The Morgan fingerprint density at radius 3 is 2.59 bits per heavy atom. The van der Waals surface area contributed by atoms with E-state index in [-0.39, 0.29) is 19.4 Å². The lowest BCUT2D eigenvalue weighted by molar-refractivity contribution is -0.137. The molecule has 22 heavy (non-hydrogen) atoms. The second-order valence-electron chi connectivity index (χ2n) is 5.32. The van der Waals surface area contributed by atoms with Crippen LogP contribution < -0.4 is 9.47 Å². The maximum Gasteiger partial charge on any atom is 0.379 e. The summed E-state index contributed by atoms with van der Waals surface area (Å²) in [6.07, 6.45) is 1.68. The van der Waals surface area contributed by atoms with Gasteiger partial charge in [0.05, 0.1) is 17.7 Å². The van der Waals surface area contributed by atoms with Crippen molar-refractivity contribution in [2.24, 2.45) is 0 Å². The summed E-state index contributed by atoms with van der Waals surface area (Å²) in [4.78, 5) is 24.1. The molecule has 0 saturated heterocycles. The maximum absolute atomic E-state index is 12.3. The van der Waals surface area contributed by atoms with E-state index in [9.17, 15) is 9.59 Å². The molecule has 0 bridgehead atoms. The number of fused-ring (bicyclic) bond motifs is 2. The molecule has 0 fully saturated rings. The number of esters is 1. The topological polar surface area (TPSA) is 66.8 Å². The first-order valence-corrected chi connectivity index (χ1v) is 7.18. The quantitative estimate of drug-likeness (QED) is 0.493. The summed E-state index contributed by atoms with van der Waals surface area (Å²) >= 11 is 0. The van der Waals surface area contributed by atoms with E-state index < -0.39 is 11.8 Å². The van der Waals surface area contributed by atoms with Crippen LogP contribution in [0.25, 0.3) is 10.9 Å². The van der Waals surface area contributed by atoms with Crippen LogP contribution in [0.3, 0.4) is 0 Å². The molecule has 3 rings (SSSR count). The minimum Gasteiger partial charge on any atom is -0.460 e. The Hall–Kier alpha value is -2.50. The summed E-state index contributed by atoms with van der Waals surface area (Å²) in [5, 5.41) is 0.663. The summed E-state index contributed by atoms with van der Waals surface area (Å²) < 4.78 is 17.5. The van der Waals surface area contributed by atoms with Gasteiger partial charge < -0.3 is 18.8 Å². The number of nitrogens with zero attached hydrogens (tertiary/aromatic N) is 1. The Bertz CT molecular complexity index is 759. The van der Waals surface area contributed by atoms with E-state index in [1.54, 1.807) is 19.2 Å². The molecule has 1 aromatic carbocycles. The van der Waals surface area contributed by atoms with Gasteiger partial charge in [-0.2, -0.15) is 0 Å². The van der Waals surface area contributed by atoms with Gasteiger partial charge in [-0.15, -0.1) is 0 Å². The minimum atomic E-state index is -0.844. The molecule has 0 spiro atoms. The van der Waals surface area contributed by atoms with Gasteiger partial charge in [-0.3, -0.25) is 4.79 Å². The molecule has 1 aliphatic rings. The first-order chi connectivity index (χ1) is 10.5. The molecule has 0 N–H and O–H groups in total. The molecular weight excluding hydrogens is 286 g/mol. The van der Waals surface area contributed by atoms with Crippen molar-refractivity contribution in [3.8, 4) is 11.5 Å². The van der Waals surface area contributed by atoms with E-state index in [1.807, 2.05) is 24.5 Å². The van der Waals surface area contributed by atoms with E-state index in [0.717, 1.165) is 5.52 Å². The molecule has 1 aromatic heterocycles. The van der Waals surface area contributed by atoms with Crippen molar-refractivity contribution in [3.05, 3.63) is 23.9 Å². The molecule has 0 amide bonds. The Morgan fingerprint density at radius 1 is 1.27 bits per heavy atom. The third kappa shape index (κ3) is 2.20. The van der Waals surface area contributed by atoms with Crippen molar-refractivity contribution < 1.29 is 23.8 Å². The fraction of sp³-hybridized carbons (Fsp3) is 0.375. The molecule has 6 nitrogen and oxygen atoms in total. The molecule has 0 saturated carbocycles. The van der Waals surface area contributed by atoms with Gasteiger partial charge in [0.15, 0.2) is 11.5 Å². The summed E-state index contributed by atoms with van der Waals surface area (Å²) in [6, 6.07) is 3.70. The number of rotatable bonds is 4. The molecule has 0 unspecified atom stereocenters. The van der Waals surface area contributed by atoms with Gasteiger partial charge in [-0.05, 0) is 26.8 Å². The molecule has 2 aromatic rings. The number of hydrogen-bond acceptors (Lipinski definition) is 5. The van der Waals surface area contributed by atoms with E-state index in [2.05, 4.69) is 0 Å². The number of carbonyl (C=O) groups is 2. The molecule has 116 valence electrons. The zero-order chi connectivity index (χ0) is 15.9. The molecule has 0 aliphatic carbocycles. The van der Waals surface area contributed by atoms with Crippen LogP contribution >= 0.6 is 0 Å². The van der Waals surface area contributed by atoms with E-state index in [1.165, 1.54) is 0 Å². The summed E-state index contributed by atoms with van der Waals surface area (Å²) in [7, 11) is 0. The summed E-state index contributed by atoms with van der Waals surface area (Å²) in [5.74, 6) is -0.275. The molecular formula is C16H17NO5. The number of ether oxygens (including phenoxy) is 3. The van der Waals surface area contributed by atoms with Crippen molar-refractivity contribution in [1.29, 1.82) is 0 Å². The van der Waals surface area contributed by atoms with Gasteiger partial charge in [-0.25, -0.2) is 4.79 Å². The largest absolute Gasteiger partial charge is 0.460 e. The number of Topliss-reactive ketones (excluding diaryl/α,β-unsaturated/α-hetero) is 1. The van der Waals surface area contributed by atoms with Crippen molar-refractivity contribution in [3.63, 3.8) is 0 Å². The Kier molecular flexibility index (Phi) is 3.52. The van der Waals surface area contributed by atoms with Crippen LogP contribution in [-0.4, -0.2) is 29.7 Å². The van der Waals surface area contributed by atoms with Crippen LogP contribution in [0.2, 0.25) is 0 Å². The van der Waals surface area contributed by atoms with Crippen LogP contribution in [0, 0.1) is 0 Å². The highest BCUT2D eigenvalue weighted by atomic mass is 16.7. The van der Waals surface area contributed by atoms with Crippen molar-refractivity contribution in [1.82, 2.24) is 4.57 Å². The van der Waals surface area contributed by atoms with Gasteiger partial charge in [0.1, 0.15) is 0 Å². The molecule has 0 radical (unpaired) electrons. The van der Waals surface area contributed by atoms with E-state index in [0.29, 0.717) is 22.4 Å². The van der Waals surface area contributed by atoms with Crippen LogP contribution in [0.5, 0.6) is 11.5 Å². The number of aromatic nitrogens is 1. The number of carbonyl (C=O) groups excluding carboxylic acids is 2. The second kappa shape index (κ2) is 5.36. The van der Waals surface area contributed by atoms with Gasteiger partial charge in [0.25, 0.3) is 5.78 Å². The minimum absolute atomic E-state index is 0.131. The third-order valence-corrected chi connectivity index (χ3v) is 3.59. The maximum atomic E-state index is 12.3. The first-order valence-electron chi connectivity index (χ1n) is 7.18. The van der Waals surface area contributed by atoms with Crippen molar-refractivity contribution in [2.75, 3.05) is 13.4 Å². The molecule has 1 aliphatic heterocycles. The molecule has 2 heterocycles. The lowest BCUT2D eigenvalue weighted by Crippen LogP contribution is -2.17. The fourth-order valence-electron chi connectivity index (χ4n) is 2.55. The molecule has 0 atom stereocenters. The highest BCUT2D eigenvalue weighted by Gasteiger charge is 2.26. The van der Waals surface area contributed by atoms with Crippen LogP contribution in [0.15, 0.2) is 18.3 Å². The summed E-state index contributed by atoms with van der Waals surface area (Å²) in [5.41, 5.74) is 1.15. The lowest BCUT2D eigenvalue weighted by Gasteiger charge is -2.09. The third-order valence-electron chi connectivity index (χ3n) is 3.59. The highest BCUT2D eigenvalue weighted by molar-refractivity contribution is 6.43. The van der Waals surface area contributed by atoms with E-state index in [4.69, 9.17) is 14.2 Å². The predicted octanol–water partition coefficient (Wildman–Crippen LogP) is 2.70. The lowest BCUT2D eigenvalue weighted by atomic mass is 10.1.